The number of carbonyl (C=O) groups excluding carboxylic acids is 1. The van der Waals surface area contributed by atoms with Crippen molar-refractivity contribution in [3.05, 3.63) is 51.9 Å². The van der Waals surface area contributed by atoms with E-state index in [4.69, 9.17) is 16.1 Å². The molecule has 1 unspecified atom stereocenters. The van der Waals surface area contributed by atoms with Crippen molar-refractivity contribution in [2.24, 2.45) is 5.92 Å². The van der Waals surface area contributed by atoms with E-state index in [2.05, 4.69) is 29.5 Å². The predicted molar refractivity (Wildman–Crippen MR) is 84.7 cm³/mol. The summed E-state index contributed by atoms with van der Waals surface area (Å²) in [5.41, 5.74) is 3.74. The lowest BCUT2D eigenvalue weighted by Crippen LogP contribution is -2.31. The Morgan fingerprint density at radius 2 is 2.14 bits per heavy atom. The molecule has 1 fully saturated rings. The summed E-state index contributed by atoms with van der Waals surface area (Å²) in [6.07, 6.45) is 2.52. The highest BCUT2D eigenvalue weighted by Gasteiger charge is 2.34. The molecule has 5 heteroatoms. The van der Waals surface area contributed by atoms with Crippen LogP contribution in [0.3, 0.4) is 0 Å². The number of halogens is 1. The zero-order chi connectivity index (χ0) is 15.7. The summed E-state index contributed by atoms with van der Waals surface area (Å²) in [7, 11) is 0. The molecule has 0 radical (unpaired) electrons. The smallest absolute Gasteiger partial charge is 0.229 e. The van der Waals surface area contributed by atoms with Crippen LogP contribution in [0.1, 0.15) is 41.3 Å². The van der Waals surface area contributed by atoms with Crippen molar-refractivity contribution in [2.45, 2.75) is 39.2 Å². The van der Waals surface area contributed by atoms with E-state index in [1.807, 2.05) is 12.1 Å². The van der Waals surface area contributed by atoms with Crippen molar-refractivity contribution in [3.63, 3.8) is 0 Å². The van der Waals surface area contributed by atoms with Crippen LogP contribution < -0.4 is 5.32 Å². The van der Waals surface area contributed by atoms with Crippen LogP contribution in [-0.2, 0) is 11.2 Å². The largest absolute Gasteiger partial charge is 0.349 e. The number of hydrogen-bond donors (Lipinski definition) is 1. The van der Waals surface area contributed by atoms with Gasteiger partial charge in [-0.1, -0.05) is 29.4 Å². The molecule has 116 valence electrons. The number of rotatable bonds is 5. The predicted octanol–water partition coefficient (Wildman–Crippen LogP) is 3.75. The standard InChI is InChI=1S/C17H19ClN2O2/c1-10-5-3-4-6-13(10)16(12-7-8-12)19-15(21)9-14-11(2)20-22-17(14)18/h3-6,12,16H,7-9H2,1-2H3,(H,19,21). The van der Waals surface area contributed by atoms with E-state index in [9.17, 15) is 4.79 Å². The summed E-state index contributed by atoms with van der Waals surface area (Å²) in [6.45, 7) is 3.87. The van der Waals surface area contributed by atoms with Crippen LogP contribution in [-0.4, -0.2) is 11.1 Å². The number of nitrogens with one attached hydrogen (secondary N) is 1. The fourth-order valence-corrected chi connectivity index (χ4v) is 3.00. The average Bonchev–Trinajstić information content (AvgIpc) is 3.28. The van der Waals surface area contributed by atoms with Crippen LogP contribution >= 0.6 is 11.6 Å². The number of hydrogen-bond acceptors (Lipinski definition) is 3. The van der Waals surface area contributed by atoms with Crippen molar-refractivity contribution in [2.75, 3.05) is 0 Å². The minimum Gasteiger partial charge on any atom is -0.349 e. The first kappa shape index (κ1) is 15.1. The maximum Gasteiger partial charge on any atom is 0.229 e. The van der Waals surface area contributed by atoms with Crippen molar-refractivity contribution in [3.8, 4) is 0 Å². The molecule has 22 heavy (non-hydrogen) atoms. The Hall–Kier alpha value is -1.81. The monoisotopic (exact) mass is 318 g/mol. The molecule has 1 heterocycles. The molecule has 3 rings (SSSR count). The normalized spacial score (nSPS) is 15.6. The average molecular weight is 319 g/mol. The van der Waals surface area contributed by atoms with Crippen molar-refractivity contribution in [1.82, 2.24) is 10.5 Å². The minimum absolute atomic E-state index is 0.0478. The van der Waals surface area contributed by atoms with Crippen molar-refractivity contribution in [1.29, 1.82) is 0 Å². The fourth-order valence-electron chi connectivity index (χ4n) is 2.76. The van der Waals surface area contributed by atoms with Crippen molar-refractivity contribution >= 4 is 17.5 Å². The van der Waals surface area contributed by atoms with Gasteiger partial charge in [0.05, 0.1) is 18.2 Å². The molecule has 1 aromatic heterocycles. The number of aryl methyl sites for hydroxylation is 2. The Balaban J connectivity index is 1.75. The quantitative estimate of drug-likeness (QED) is 0.913. The van der Waals surface area contributed by atoms with Gasteiger partial charge in [0.25, 0.3) is 0 Å². The Kier molecular flexibility index (Phi) is 4.21. The maximum absolute atomic E-state index is 12.4. The van der Waals surface area contributed by atoms with Crippen molar-refractivity contribution < 1.29 is 9.32 Å². The van der Waals surface area contributed by atoms with Gasteiger partial charge in [-0.3, -0.25) is 4.79 Å². The van der Waals surface area contributed by atoms with Gasteiger partial charge in [0.2, 0.25) is 11.1 Å². The molecule has 4 nitrogen and oxygen atoms in total. The zero-order valence-electron chi connectivity index (χ0n) is 12.7. The fraction of sp³-hybridized carbons (Fsp3) is 0.412. The Morgan fingerprint density at radius 3 is 2.73 bits per heavy atom. The van der Waals surface area contributed by atoms with E-state index in [0.29, 0.717) is 17.2 Å². The van der Waals surface area contributed by atoms with Crippen LogP contribution in [0, 0.1) is 19.8 Å². The number of aromatic nitrogens is 1. The van der Waals surface area contributed by atoms with E-state index in [0.717, 1.165) is 12.8 Å². The molecule has 1 saturated carbocycles. The highest BCUT2D eigenvalue weighted by atomic mass is 35.5. The third-order valence-electron chi connectivity index (χ3n) is 4.21. The number of amides is 1. The van der Waals surface area contributed by atoms with Gasteiger partial charge in [0, 0.05) is 5.56 Å². The second-order valence-electron chi connectivity index (χ2n) is 5.94. The van der Waals surface area contributed by atoms with Gasteiger partial charge in [-0.05, 0) is 55.3 Å². The minimum atomic E-state index is -0.0478. The lowest BCUT2D eigenvalue weighted by atomic mass is 9.97. The summed E-state index contributed by atoms with van der Waals surface area (Å²) >= 11 is 5.93. The van der Waals surface area contributed by atoms with E-state index in [-0.39, 0.29) is 23.6 Å². The lowest BCUT2D eigenvalue weighted by molar-refractivity contribution is -0.121. The van der Waals surface area contributed by atoms with E-state index >= 15 is 0 Å². The highest BCUT2D eigenvalue weighted by molar-refractivity contribution is 6.29. The summed E-state index contributed by atoms with van der Waals surface area (Å²) in [6, 6.07) is 8.29. The van der Waals surface area contributed by atoms with Gasteiger partial charge in [-0.15, -0.1) is 0 Å². The van der Waals surface area contributed by atoms with Crippen LogP contribution in [0.5, 0.6) is 0 Å². The molecular formula is C17H19ClN2O2. The lowest BCUT2D eigenvalue weighted by Gasteiger charge is -2.20. The Bertz CT molecular complexity index is 672. The summed E-state index contributed by atoms with van der Waals surface area (Å²) in [4.78, 5) is 12.4. The molecular weight excluding hydrogens is 300 g/mol. The second-order valence-corrected chi connectivity index (χ2v) is 6.28. The van der Waals surface area contributed by atoms with Gasteiger partial charge in [0.1, 0.15) is 0 Å². The molecule has 1 aromatic carbocycles. The van der Waals surface area contributed by atoms with Gasteiger partial charge in [-0.2, -0.15) is 0 Å². The topological polar surface area (TPSA) is 55.1 Å². The Labute approximate surface area is 134 Å². The van der Waals surface area contributed by atoms with E-state index in [1.165, 1.54) is 11.1 Å². The van der Waals surface area contributed by atoms with Gasteiger partial charge in [0.15, 0.2) is 0 Å². The molecule has 0 aliphatic heterocycles. The SMILES string of the molecule is Cc1ccccc1C(NC(=O)Cc1c(C)noc1Cl)C1CC1. The molecule has 1 amide bonds. The second kappa shape index (κ2) is 6.13. The molecule has 1 aliphatic rings. The summed E-state index contributed by atoms with van der Waals surface area (Å²) in [5.74, 6) is 0.484. The molecule has 1 N–H and O–H groups in total. The zero-order valence-corrected chi connectivity index (χ0v) is 13.5. The summed E-state index contributed by atoms with van der Waals surface area (Å²) < 4.78 is 4.90. The first-order valence-corrected chi connectivity index (χ1v) is 7.89. The molecule has 0 bridgehead atoms. The van der Waals surface area contributed by atoms with Crippen LogP contribution in [0.15, 0.2) is 28.8 Å². The molecule has 1 atom stereocenters. The summed E-state index contributed by atoms with van der Waals surface area (Å²) in [5, 5.41) is 7.14. The number of carbonyl (C=O) groups is 1. The maximum atomic E-state index is 12.4. The van der Waals surface area contributed by atoms with Gasteiger partial charge in [-0.25, -0.2) is 0 Å². The van der Waals surface area contributed by atoms with Gasteiger partial charge >= 0.3 is 0 Å². The van der Waals surface area contributed by atoms with Crippen LogP contribution in [0.2, 0.25) is 5.22 Å². The van der Waals surface area contributed by atoms with Crippen LogP contribution in [0.25, 0.3) is 0 Å². The highest BCUT2D eigenvalue weighted by Crippen LogP contribution is 2.41. The van der Waals surface area contributed by atoms with E-state index in [1.54, 1.807) is 6.92 Å². The first-order chi connectivity index (χ1) is 10.6. The Morgan fingerprint density at radius 1 is 1.41 bits per heavy atom. The molecule has 1 aliphatic carbocycles. The number of benzene rings is 1. The van der Waals surface area contributed by atoms with Crippen LogP contribution in [0.4, 0.5) is 0 Å². The first-order valence-electron chi connectivity index (χ1n) is 7.52. The molecule has 0 saturated heterocycles. The number of nitrogens with zero attached hydrogens (tertiary/aromatic N) is 1. The third-order valence-corrected chi connectivity index (χ3v) is 4.50. The third kappa shape index (κ3) is 3.17. The molecule has 2 aromatic rings. The van der Waals surface area contributed by atoms with Gasteiger partial charge < -0.3 is 9.84 Å². The molecule has 0 spiro atoms. The van der Waals surface area contributed by atoms with E-state index < -0.39 is 0 Å².